The molecule has 19 heavy (non-hydrogen) atoms. The van der Waals surface area contributed by atoms with E-state index in [1.165, 1.54) is 16.7 Å². The largest absolute Gasteiger partial charge is 0.488 e. The van der Waals surface area contributed by atoms with Crippen LogP contribution in [0.3, 0.4) is 0 Å². The first-order valence-corrected chi connectivity index (χ1v) is 6.50. The van der Waals surface area contributed by atoms with Crippen molar-refractivity contribution in [3.63, 3.8) is 0 Å². The van der Waals surface area contributed by atoms with E-state index >= 15 is 0 Å². The molecule has 102 valence electrons. The highest BCUT2D eigenvalue weighted by molar-refractivity contribution is 5.42. The molecule has 0 unspecified atom stereocenters. The van der Waals surface area contributed by atoms with Crippen LogP contribution < -0.4 is 10.5 Å². The first-order valence-electron chi connectivity index (χ1n) is 6.50. The van der Waals surface area contributed by atoms with E-state index < -0.39 is 0 Å². The van der Waals surface area contributed by atoms with E-state index in [2.05, 4.69) is 32.9 Å². The number of hydrogen-bond donors (Lipinski definition) is 1. The molecule has 0 aliphatic heterocycles. The molecule has 0 spiro atoms. The Labute approximate surface area is 114 Å². The van der Waals surface area contributed by atoms with E-state index in [9.17, 15) is 0 Å². The van der Waals surface area contributed by atoms with Gasteiger partial charge in [0.15, 0.2) is 0 Å². The number of furan rings is 1. The fourth-order valence-corrected chi connectivity index (χ4v) is 2.14. The number of hydrogen-bond acceptors (Lipinski definition) is 3. The zero-order valence-corrected chi connectivity index (χ0v) is 12.0. The summed E-state index contributed by atoms with van der Waals surface area (Å²) in [5.41, 5.74) is 10.3. The molecule has 3 nitrogen and oxygen atoms in total. The van der Waals surface area contributed by atoms with Crippen molar-refractivity contribution in [2.75, 3.05) is 0 Å². The molecule has 3 heteroatoms. The Morgan fingerprint density at radius 1 is 1.11 bits per heavy atom. The Hall–Kier alpha value is -1.74. The molecule has 0 bridgehead atoms. The van der Waals surface area contributed by atoms with Crippen LogP contribution in [0.2, 0.25) is 0 Å². The molecule has 0 aliphatic rings. The number of benzene rings is 1. The molecule has 0 radical (unpaired) electrons. The van der Waals surface area contributed by atoms with Crippen LogP contribution in [0.4, 0.5) is 0 Å². The third kappa shape index (κ3) is 2.99. The molecule has 1 heterocycles. The maximum atomic E-state index is 5.92. The normalized spacial score (nSPS) is 10.8. The predicted molar refractivity (Wildman–Crippen MR) is 76.3 cm³/mol. The third-order valence-electron chi connectivity index (χ3n) is 3.42. The zero-order chi connectivity index (χ0) is 14.0. The van der Waals surface area contributed by atoms with Crippen LogP contribution in [0.25, 0.3) is 0 Å². The van der Waals surface area contributed by atoms with Gasteiger partial charge in [-0.15, -0.1) is 0 Å². The van der Waals surface area contributed by atoms with Gasteiger partial charge in [-0.2, -0.15) is 0 Å². The first-order chi connectivity index (χ1) is 9.01. The number of nitrogens with two attached hydrogens (primary N) is 1. The van der Waals surface area contributed by atoms with Gasteiger partial charge in [-0.3, -0.25) is 0 Å². The molecule has 0 saturated carbocycles. The average Bonchev–Trinajstić information content (AvgIpc) is 2.73. The minimum absolute atomic E-state index is 0.420. The lowest BCUT2D eigenvalue weighted by molar-refractivity contribution is 0.300. The van der Waals surface area contributed by atoms with E-state index in [4.69, 9.17) is 14.9 Å². The van der Waals surface area contributed by atoms with Gasteiger partial charge >= 0.3 is 0 Å². The van der Waals surface area contributed by atoms with Crippen molar-refractivity contribution in [1.82, 2.24) is 0 Å². The summed E-state index contributed by atoms with van der Waals surface area (Å²) in [5, 5.41) is 0. The molecule has 0 saturated heterocycles. The van der Waals surface area contributed by atoms with Gasteiger partial charge in [0.2, 0.25) is 0 Å². The third-order valence-corrected chi connectivity index (χ3v) is 3.42. The molecule has 1 aromatic carbocycles. The van der Waals surface area contributed by atoms with Gasteiger partial charge in [0, 0.05) is 5.56 Å². The van der Waals surface area contributed by atoms with Crippen LogP contribution in [0.5, 0.6) is 5.75 Å². The van der Waals surface area contributed by atoms with Crippen molar-refractivity contribution >= 4 is 0 Å². The van der Waals surface area contributed by atoms with Crippen molar-refractivity contribution in [2.45, 2.75) is 40.8 Å². The molecule has 2 N–H and O–H groups in total. The van der Waals surface area contributed by atoms with E-state index in [1.54, 1.807) is 0 Å². The highest BCUT2D eigenvalue weighted by Gasteiger charge is 2.09. The zero-order valence-electron chi connectivity index (χ0n) is 12.0. The molecule has 0 atom stereocenters. The van der Waals surface area contributed by atoms with Crippen LogP contribution in [-0.2, 0) is 13.2 Å². The second kappa shape index (κ2) is 5.49. The highest BCUT2D eigenvalue weighted by Crippen LogP contribution is 2.25. The van der Waals surface area contributed by atoms with E-state index in [0.717, 1.165) is 22.8 Å². The quantitative estimate of drug-likeness (QED) is 0.913. The molecule has 0 aliphatic carbocycles. The molecule has 1 aromatic heterocycles. The van der Waals surface area contributed by atoms with Gasteiger partial charge in [0.1, 0.15) is 23.9 Å². The lowest BCUT2D eigenvalue weighted by atomic mass is 10.1. The number of aryl methyl sites for hydroxylation is 3. The van der Waals surface area contributed by atoms with Crippen molar-refractivity contribution in [3.05, 3.63) is 52.0 Å². The molecule has 0 amide bonds. The van der Waals surface area contributed by atoms with Gasteiger partial charge in [0.05, 0.1) is 6.54 Å². The standard InChI is InChI=1S/C16H21NO2/c1-10-5-11(2)12(3)16(6-10)18-9-14-7-15(8-17)19-13(14)4/h5-7H,8-9,17H2,1-4H3. The minimum atomic E-state index is 0.420. The smallest absolute Gasteiger partial charge is 0.123 e. The van der Waals surface area contributed by atoms with Gasteiger partial charge < -0.3 is 14.9 Å². The van der Waals surface area contributed by atoms with Crippen molar-refractivity contribution in [3.8, 4) is 5.75 Å². The van der Waals surface area contributed by atoms with Gasteiger partial charge in [0.25, 0.3) is 0 Å². The lowest BCUT2D eigenvalue weighted by Gasteiger charge is -2.12. The van der Waals surface area contributed by atoms with E-state index in [1.807, 2.05) is 13.0 Å². The molecule has 2 rings (SSSR count). The molecule has 0 fully saturated rings. The molecular formula is C16H21NO2. The first kappa shape index (κ1) is 13.7. The van der Waals surface area contributed by atoms with E-state index in [0.29, 0.717) is 13.2 Å². The second-order valence-electron chi connectivity index (χ2n) is 4.99. The Bertz CT molecular complexity index is 585. The summed E-state index contributed by atoms with van der Waals surface area (Å²) < 4.78 is 11.4. The topological polar surface area (TPSA) is 48.4 Å². The van der Waals surface area contributed by atoms with Crippen molar-refractivity contribution < 1.29 is 9.15 Å². The van der Waals surface area contributed by atoms with Crippen LogP contribution in [0.15, 0.2) is 22.6 Å². The predicted octanol–water partition coefficient (Wildman–Crippen LogP) is 3.55. The summed E-state index contributed by atoms with van der Waals surface area (Å²) >= 11 is 0. The number of rotatable bonds is 4. The average molecular weight is 259 g/mol. The van der Waals surface area contributed by atoms with Crippen molar-refractivity contribution in [1.29, 1.82) is 0 Å². The minimum Gasteiger partial charge on any atom is -0.488 e. The SMILES string of the molecule is Cc1cc(C)c(C)c(OCc2cc(CN)oc2C)c1. The van der Waals surface area contributed by atoms with Crippen LogP contribution in [0, 0.1) is 27.7 Å². The summed E-state index contributed by atoms with van der Waals surface area (Å²) in [5.74, 6) is 2.61. The van der Waals surface area contributed by atoms with Gasteiger partial charge in [-0.25, -0.2) is 0 Å². The Morgan fingerprint density at radius 3 is 2.47 bits per heavy atom. The Kier molecular flexibility index (Phi) is 3.96. The number of ether oxygens (including phenoxy) is 1. The van der Waals surface area contributed by atoms with Crippen LogP contribution in [-0.4, -0.2) is 0 Å². The van der Waals surface area contributed by atoms with Crippen molar-refractivity contribution in [2.24, 2.45) is 5.73 Å². The summed E-state index contributed by atoms with van der Waals surface area (Å²) in [7, 11) is 0. The van der Waals surface area contributed by atoms with Gasteiger partial charge in [-0.05, 0) is 56.5 Å². The highest BCUT2D eigenvalue weighted by atomic mass is 16.5. The van der Waals surface area contributed by atoms with Gasteiger partial charge in [-0.1, -0.05) is 6.07 Å². The fourth-order valence-electron chi connectivity index (χ4n) is 2.14. The monoisotopic (exact) mass is 259 g/mol. The maximum Gasteiger partial charge on any atom is 0.123 e. The summed E-state index contributed by atoms with van der Waals surface area (Å²) in [6.45, 7) is 9.13. The summed E-state index contributed by atoms with van der Waals surface area (Å²) in [6.07, 6.45) is 0. The Balaban J connectivity index is 2.16. The lowest BCUT2D eigenvalue weighted by Crippen LogP contribution is -1.99. The Morgan fingerprint density at radius 2 is 1.84 bits per heavy atom. The summed E-state index contributed by atoms with van der Waals surface area (Å²) in [6, 6.07) is 6.20. The summed E-state index contributed by atoms with van der Waals surface area (Å²) in [4.78, 5) is 0. The molecular weight excluding hydrogens is 238 g/mol. The molecule has 2 aromatic rings. The second-order valence-corrected chi connectivity index (χ2v) is 4.99. The maximum absolute atomic E-state index is 5.92. The van der Waals surface area contributed by atoms with Crippen LogP contribution in [0.1, 0.15) is 33.8 Å². The van der Waals surface area contributed by atoms with Crippen LogP contribution >= 0.6 is 0 Å². The fraction of sp³-hybridized carbons (Fsp3) is 0.375. The van der Waals surface area contributed by atoms with E-state index in [-0.39, 0.29) is 0 Å².